The molecule has 0 aromatic heterocycles. The summed E-state index contributed by atoms with van der Waals surface area (Å²) in [6, 6.07) is 24.7. The highest BCUT2D eigenvalue weighted by atomic mass is 79.9. The van der Waals surface area contributed by atoms with Crippen LogP contribution in [0.4, 0.5) is 0 Å². The number of halogens is 1. The smallest absolute Gasteiger partial charge is 0.272 e. The zero-order chi connectivity index (χ0) is 18.2. The van der Waals surface area contributed by atoms with E-state index in [1.165, 1.54) is 0 Å². The van der Waals surface area contributed by atoms with Gasteiger partial charge in [0, 0.05) is 10.0 Å². The van der Waals surface area contributed by atoms with Crippen LogP contribution in [0.15, 0.2) is 88.4 Å². The number of nitrogens with one attached hydrogen (secondary N) is 1. The topological polar surface area (TPSA) is 50.7 Å². The largest absolute Gasteiger partial charge is 0.488 e. The van der Waals surface area contributed by atoms with Gasteiger partial charge in [0.15, 0.2) is 0 Å². The molecule has 0 spiro atoms. The van der Waals surface area contributed by atoms with Gasteiger partial charge in [-0.05, 0) is 45.8 Å². The van der Waals surface area contributed by atoms with Crippen LogP contribution in [0.3, 0.4) is 0 Å². The number of carbonyl (C=O) groups excluding carboxylic acids is 1. The molecule has 130 valence electrons. The number of amides is 1. The maximum absolute atomic E-state index is 12.2. The van der Waals surface area contributed by atoms with E-state index in [9.17, 15) is 4.79 Å². The Hall–Kier alpha value is -2.92. The highest BCUT2D eigenvalue weighted by Gasteiger charge is 2.07. The Morgan fingerprint density at radius 2 is 1.65 bits per heavy atom. The van der Waals surface area contributed by atoms with Gasteiger partial charge in [-0.25, -0.2) is 5.43 Å². The van der Waals surface area contributed by atoms with Crippen molar-refractivity contribution in [1.29, 1.82) is 0 Å². The first-order chi connectivity index (χ1) is 12.7. The quantitative estimate of drug-likeness (QED) is 0.470. The van der Waals surface area contributed by atoms with Crippen LogP contribution < -0.4 is 10.2 Å². The average molecular weight is 409 g/mol. The van der Waals surface area contributed by atoms with Crippen molar-refractivity contribution < 1.29 is 9.53 Å². The molecule has 0 saturated carbocycles. The van der Waals surface area contributed by atoms with Crippen LogP contribution in [0.2, 0.25) is 0 Å². The molecule has 0 aliphatic rings. The van der Waals surface area contributed by atoms with Crippen molar-refractivity contribution in [3.05, 3.63) is 100 Å². The monoisotopic (exact) mass is 408 g/mol. The van der Waals surface area contributed by atoms with Gasteiger partial charge in [-0.2, -0.15) is 5.10 Å². The molecule has 1 amide bonds. The van der Waals surface area contributed by atoms with Gasteiger partial charge in [0.05, 0.1) is 11.8 Å². The molecule has 0 radical (unpaired) electrons. The van der Waals surface area contributed by atoms with Gasteiger partial charge in [-0.1, -0.05) is 54.6 Å². The Labute approximate surface area is 160 Å². The minimum atomic E-state index is -0.281. The second kappa shape index (κ2) is 8.97. The van der Waals surface area contributed by atoms with Crippen molar-refractivity contribution in [3.63, 3.8) is 0 Å². The Morgan fingerprint density at radius 1 is 0.962 bits per heavy atom. The van der Waals surface area contributed by atoms with Crippen LogP contribution in [0.5, 0.6) is 5.75 Å². The summed E-state index contributed by atoms with van der Waals surface area (Å²) in [6.07, 6.45) is 1.58. The maximum Gasteiger partial charge on any atom is 0.272 e. The number of hydrazone groups is 1. The lowest BCUT2D eigenvalue weighted by molar-refractivity contribution is 0.0954. The van der Waals surface area contributed by atoms with E-state index in [0.717, 1.165) is 15.6 Å². The lowest BCUT2D eigenvalue weighted by Crippen LogP contribution is -2.18. The van der Waals surface area contributed by atoms with Crippen LogP contribution in [0.1, 0.15) is 21.5 Å². The second-order valence-electron chi connectivity index (χ2n) is 5.49. The Bertz CT molecular complexity index is 911. The summed E-state index contributed by atoms with van der Waals surface area (Å²) < 4.78 is 6.59. The average Bonchev–Trinajstić information content (AvgIpc) is 2.68. The minimum absolute atomic E-state index is 0.281. The summed E-state index contributed by atoms with van der Waals surface area (Å²) in [6.45, 7) is 0.467. The van der Waals surface area contributed by atoms with Crippen molar-refractivity contribution in [3.8, 4) is 5.75 Å². The van der Waals surface area contributed by atoms with Crippen molar-refractivity contribution in [2.24, 2.45) is 5.10 Å². The molecule has 4 nitrogen and oxygen atoms in total. The van der Waals surface area contributed by atoms with Crippen molar-refractivity contribution in [1.82, 2.24) is 5.43 Å². The number of carbonyl (C=O) groups is 1. The number of nitrogens with zero attached hydrogens (tertiary/aromatic N) is 1. The number of benzene rings is 3. The van der Waals surface area contributed by atoms with Crippen molar-refractivity contribution >= 4 is 28.1 Å². The van der Waals surface area contributed by atoms with E-state index in [1.54, 1.807) is 18.3 Å². The molecule has 0 saturated heterocycles. The summed E-state index contributed by atoms with van der Waals surface area (Å²) in [7, 11) is 0. The lowest BCUT2D eigenvalue weighted by atomic mass is 10.2. The van der Waals surface area contributed by atoms with E-state index in [4.69, 9.17) is 4.74 Å². The number of ether oxygens (including phenoxy) is 1. The number of para-hydroxylation sites is 1. The Balaban J connectivity index is 1.65. The molecule has 0 fully saturated rings. The standard InChI is InChI=1S/C21H17BrN2O2/c22-19-12-6-5-11-18(19)21(25)24-23-14-17-10-4-7-13-20(17)26-15-16-8-2-1-3-9-16/h1-14H,15H2,(H,24,25)/b23-14-. The molecule has 5 heteroatoms. The van der Waals surface area contributed by atoms with Crippen LogP contribution in [-0.4, -0.2) is 12.1 Å². The molecule has 0 aliphatic carbocycles. The number of hydrogen-bond acceptors (Lipinski definition) is 3. The zero-order valence-electron chi connectivity index (χ0n) is 13.9. The van der Waals surface area contributed by atoms with Gasteiger partial charge in [0.2, 0.25) is 0 Å². The summed E-state index contributed by atoms with van der Waals surface area (Å²) >= 11 is 3.36. The van der Waals surface area contributed by atoms with E-state index >= 15 is 0 Å². The van der Waals surface area contributed by atoms with E-state index in [-0.39, 0.29) is 5.91 Å². The van der Waals surface area contributed by atoms with Gasteiger partial charge in [0.1, 0.15) is 12.4 Å². The van der Waals surface area contributed by atoms with E-state index < -0.39 is 0 Å². The molecular formula is C21H17BrN2O2. The fourth-order valence-corrected chi connectivity index (χ4v) is 2.78. The first-order valence-electron chi connectivity index (χ1n) is 8.08. The third kappa shape index (κ3) is 4.80. The Morgan fingerprint density at radius 3 is 2.46 bits per heavy atom. The predicted octanol–water partition coefficient (Wildman–Crippen LogP) is 4.79. The fourth-order valence-electron chi connectivity index (χ4n) is 2.32. The molecule has 3 rings (SSSR count). The zero-order valence-corrected chi connectivity index (χ0v) is 15.5. The number of hydrogen-bond donors (Lipinski definition) is 1. The van der Waals surface area contributed by atoms with Gasteiger partial charge < -0.3 is 4.74 Å². The van der Waals surface area contributed by atoms with Crippen molar-refractivity contribution in [2.75, 3.05) is 0 Å². The third-order valence-electron chi connectivity index (χ3n) is 3.64. The number of rotatable bonds is 6. The van der Waals surface area contributed by atoms with Crippen LogP contribution in [0, 0.1) is 0 Å². The molecule has 0 aliphatic heterocycles. The molecule has 0 bridgehead atoms. The first kappa shape index (κ1) is 17.9. The normalized spacial score (nSPS) is 10.7. The first-order valence-corrected chi connectivity index (χ1v) is 8.87. The van der Waals surface area contributed by atoms with Gasteiger partial charge >= 0.3 is 0 Å². The highest BCUT2D eigenvalue weighted by molar-refractivity contribution is 9.10. The van der Waals surface area contributed by atoms with Crippen molar-refractivity contribution in [2.45, 2.75) is 6.61 Å². The second-order valence-corrected chi connectivity index (χ2v) is 6.35. The van der Waals surface area contributed by atoms with Crippen LogP contribution in [0.25, 0.3) is 0 Å². The van der Waals surface area contributed by atoms with E-state index in [0.29, 0.717) is 17.9 Å². The third-order valence-corrected chi connectivity index (χ3v) is 4.34. The van der Waals surface area contributed by atoms with Gasteiger partial charge in [-0.15, -0.1) is 0 Å². The highest BCUT2D eigenvalue weighted by Crippen LogP contribution is 2.18. The van der Waals surface area contributed by atoms with Gasteiger partial charge in [0.25, 0.3) is 5.91 Å². The van der Waals surface area contributed by atoms with Crippen LogP contribution >= 0.6 is 15.9 Å². The van der Waals surface area contributed by atoms with Gasteiger partial charge in [-0.3, -0.25) is 4.79 Å². The SMILES string of the molecule is O=C(N/N=C\c1ccccc1OCc1ccccc1)c1ccccc1Br. The minimum Gasteiger partial charge on any atom is -0.488 e. The molecule has 3 aromatic carbocycles. The summed E-state index contributed by atoms with van der Waals surface area (Å²) in [5.41, 5.74) is 4.93. The predicted molar refractivity (Wildman–Crippen MR) is 106 cm³/mol. The molecule has 0 unspecified atom stereocenters. The van der Waals surface area contributed by atoms with E-state index in [1.807, 2.05) is 66.7 Å². The fraction of sp³-hybridized carbons (Fsp3) is 0.0476. The lowest BCUT2D eigenvalue weighted by Gasteiger charge is -2.09. The molecule has 0 atom stereocenters. The molecule has 26 heavy (non-hydrogen) atoms. The summed E-state index contributed by atoms with van der Waals surface area (Å²) in [5, 5.41) is 4.05. The summed E-state index contributed by atoms with van der Waals surface area (Å²) in [5.74, 6) is 0.423. The Kier molecular flexibility index (Phi) is 6.17. The van der Waals surface area contributed by atoms with Crippen LogP contribution in [-0.2, 0) is 6.61 Å². The molecule has 1 N–H and O–H groups in total. The van der Waals surface area contributed by atoms with E-state index in [2.05, 4.69) is 26.5 Å². The molecule has 3 aromatic rings. The summed E-state index contributed by atoms with van der Waals surface area (Å²) in [4.78, 5) is 12.2. The maximum atomic E-state index is 12.2. The molecule has 0 heterocycles. The molecular weight excluding hydrogens is 392 g/mol.